The molecule has 1 aromatic heterocycles. The summed E-state index contributed by atoms with van der Waals surface area (Å²) in [7, 11) is 2.07. The van der Waals surface area contributed by atoms with Crippen LogP contribution in [0.2, 0.25) is 0 Å². The van der Waals surface area contributed by atoms with Gasteiger partial charge in [0, 0.05) is 31.2 Å². The molecule has 0 bridgehead atoms. The second kappa shape index (κ2) is 6.23. The van der Waals surface area contributed by atoms with Crippen LogP contribution in [0.25, 0.3) is 11.4 Å². The van der Waals surface area contributed by atoms with E-state index in [-0.39, 0.29) is 18.5 Å². The first-order valence-electron chi connectivity index (χ1n) is 7.45. The fourth-order valence-electron chi connectivity index (χ4n) is 2.74. The van der Waals surface area contributed by atoms with Crippen molar-refractivity contribution in [3.63, 3.8) is 0 Å². The number of amides is 1. The molecule has 1 aromatic carbocycles. The van der Waals surface area contributed by atoms with Crippen LogP contribution in [0.1, 0.15) is 6.92 Å². The topological polar surface area (TPSA) is 67.2 Å². The van der Waals surface area contributed by atoms with Gasteiger partial charge in [0.15, 0.2) is 0 Å². The highest BCUT2D eigenvalue weighted by Gasteiger charge is 2.26. The van der Waals surface area contributed by atoms with E-state index in [1.807, 2.05) is 35.2 Å². The summed E-state index contributed by atoms with van der Waals surface area (Å²) in [5.41, 5.74) is 0.897. The number of tetrazole rings is 1. The minimum atomic E-state index is 0.0395. The van der Waals surface area contributed by atoms with E-state index in [0.717, 1.165) is 25.2 Å². The highest BCUT2D eigenvalue weighted by molar-refractivity contribution is 5.76. The lowest BCUT2D eigenvalue weighted by Gasteiger charge is -2.38. The summed E-state index contributed by atoms with van der Waals surface area (Å²) < 4.78 is 0. The van der Waals surface area contributed by atoms with Gasteiger partial charge >= 0.3 is 0 Å². The van der Waals surface area contributed by atoms with Crippen molar-refractivity contribution in [3.05, 3.63) is 30.3 Å². The molecule has 2 heterocycles. The van der Waals surface area contributed by atoms with Gasteiger partial charge in [-0.15, -0.1) is 10.2 Å². The maximum Gasteiger partial charge on any atom is 0.246 e. The molecule has 22 heavy (non-hydrogen) atoms. The number of piperazine rings is 1. The fourth-order valence-corrected chi connectivity index (χ4v) is 2.74. The van der Waals surface area contributed by atoms with Crippen LogP contribution in [0, 0.1) is 0 Å². The quantitative estimate of drug-likeness (QED) is 0.826. The van der Waals surface area contributed by atoms with Gasteiger partial charge in [-0.2, -0.15) is 4.80 Å². The molecule has 3 rings (SSSR count). The van der Waals surface area contributed by atoms with Crippen LogP contribution in [0.5, 0.6) is 0 Å². The van der Waals surface area contributed by atoms with Crippen LogP contribution in [-0.2, 0) is 11.3 Å². The van der Waals surface area contributed by atoms with E-state index in [9.17, 15) is 4.79 Å². The van der Waals surface area contributed by atoms with Gasteiger partial charge in [0.05, 0.1) is 0 Å². The summed E-state index contributed by atoms with van der Waals surface area (Å²) in [6, 6.07) is 9.84. The summed E-state index contributed by atoms with van der Waals surface area (Å²) in [4.78, 5) is 17.9. The fraction of sp³-hybridized carbons (Fsp3) is 0.467. The van der Waals surface area contributed by atoms with E-state index in [1.54, 1.807) is 0 Å². The van der Waals surface area contributed by atoms with Crippen LogP contribution in [0.4, 0.5) is 0 Å². The van der Waals surface area contributed by atoms with Gasteiger partial charge in [0.25, 0.3) is 0 Å². The Balaban J connectivity index is 1.66. The number of hydrogen-bond acceptors (Lipinski definition) is 5. The Labute approximate surface area is 129 Å². The van der Waals surface area contributed by atoms with Crippen LogP contribution < -0.4 is 0 Å². The van der Waals surface area contributed by atoms with E-state index in [1.165, 1.54) is 4.80 Å². The number of carbonyl (C=O) groups excluding carboxylic acids is 1. The van der Waals surface area contributed by atoms with Gasteiger partial charge in [0.2, 0.25) is 11.7 Å². The molecule has 1 aliphatic rings. The van der Waals surface area contributed by atoms with E-state index >= 15 is 0 Å². The third-order valence-corrected chi connectivity index (χ3v) is 3.91. The first-order chi connectivity index (χ1) is 10.6. The monoisotopic (exact) mass is 300 g/mol. The number of aromatic nitrogens is 4. The molecular weight excluding hydrogens is 280 g/mol. The molecule has 1 aliphatic heterocycles. The van der Waals surface area contributed by atoms with Crippen molar-refractivity contribution in [2.45, 2.75) is 19.5 Å². The first-order valence-corrected chi connectivity index (χ1v) is 7.45. The number of likely N-dealkylation sites (N-methyl/N-ethyl adjacent to an activating group) is 1. The Bertz CT molecular complexity index is 640. The largest absolute Gasteiger partial charge is 0.336 e. The zero-order chi connectivity index (χ0) is 15.5. The second-order valence-corrected chi connectivity index (χ2v) is 5.71. The summed E-state index contributed by atoms with van der Waals surface area (Å²) >= 11 is 0. The SMILES string of the molecule is C[C@H]1CN(C)CCN1C(=O)Cn1nnc(-c2ccccc2)n1. The summed E-state index contributed by atoms with van der Waals surface area (Å²) in [6.45, 7) is 4.74. The van der Waals surface area contributed by atoms with Gasteiger partial charge in [-0.1, -0.05) is 30.3 Å². The van der Waals surface area contributed by atoms with Crippen molar-refractivity contribution in [2.75, 3.05) is 26.7 Å². The summed E-state index contributed by atoms with van der Waals surface area (Å²) in [5, 5.41) is 12.3. The van der Waals surface area contributed by atoms with Gasteiger partial charge in [-0.05, 0) is 19.2 Å². The van der Waals surface area contributed by atoms with Crippen molar-refractivity contribution >= 4 is 5.91 Å². The maximum atomic E-state index is 12.4. The summed E-state index contributed by atoms with van der Waals surface area (Å²) in [5.74, 6) is 0.581. The highest BCUT2D eigenvalue weighted by atomic mass is 16.2. The Morgan fingerprint density at radius 2 is 2.05 bits per heavy atom. The lowest BCUT2D eigenvalue weighted by atomic mass is 10.2. The number of benzene rings is 1. The average molecular weight is 300 g/mol. The van der Waals surface area contributed by atoms with Crippen LogP contribution >= 0.6 is 0 Å². The molecule has 0 aliphatic carbocycles. The summed E-state index contributed by atoms with van der Waals surface area (Å²) in [6.07, 6.45) is 0. The van der Waals surface area contributed by atoms with E-state index in [0.29, 0.717) is 5.82 Å². The van der Waals surface area contributed by atoms with Gasteiger partial charge in [0.1, 0.15) is 6.54 Å². The van der Waals surface area contributed by atoms with Crippen molar-refractivity contribution in [3.8, 4) is 11.4 Å². The number of nitrogens with zero attached hydrogens (tertiary/aromatic N) is 6. The van der Waals surface area contributed by atoms with E-state index < -0.39 is 0 Å². The molecule has 1 saturated heterocycles. The number of rotatable bonds is 3. The predicted molar refractivity (Wildman–Crippen MR) is 81.9 cm³/mol. The lowest BCUT2D eigenvalue weighted by Crippen LogP contribution is -2.53. The zero-order valence-corrected chi connectivity index (χ0v) is 12.9. The Hall–Kier alpha value is -2.28. The van der Waals surface area contributed by atoms with Crippen molar-refractivity contribution in [2.24, 2.45) is 0 Å². The van der Waals surface area contributed by atoms with Gasteiger partial charge in [-0.3, -0.25) is 4.79 Å². The van der Waals surface area contributed by atoms with E-state index in [4.69, 9.17) is 0 Å². The number of hydrogen-bond donors (Lipinski definition) is 0. The van der Waals surface area contributed by atoms with Crippen molar-refractivity contribution in [1.29, 1.82) is 0 Å². The molecule has 1 amide bonds. The lowest BCUT2D eigenvalue weighted by molar-refractivity contribution is -0.136. The molecule has 0 N–H and O–H groups in total. The second-order valence-electron chi connectivity index (χ2n) is 5.71. The standard InChI is InChI=1S/C15H20N6O/c1-12-10-19(2)8-9-20(12)14(22)11-21-17-15(16-18-21)13-6-4-3-5-7-13/h3-7,12H,8-11H2,1-2H3/t12-/m0/s1. The third kappa shape index (κ3) is 3.14. The average Bonchev–Trinajstić information content (AvgIpc) is 2.96. The molecule has 7 heteroatoms. The van der Waals surface area contributed by atoms with Gasteiger partial charge in [-0.25, -0.2) is 0 Å². The maximum absolute atomic E-state index is 12.4. The molecule has 0 unspecified atom stereocenters. The van der Waals surface area contributed by atoms with Gasteiger partial charge < -0.3 is 9.80 Å². The highest BCUT2D eigenvalue weighted by Crippen LogP contribution is 2.12. The molecule has 1 fully saturated rings. The van der Waals surface area contributed by atoms with E-state index in [2.05, 4.69) is 34.3 Å². The third-order valence-electron chi connectivity index (χ3n) is 3.91. The Kier molecular flexibility index (Phi) is 4.15. The zero-order valence-electron chi connectivity index (χ0n) is 12.9. The molecule has 2 aromatic rings. The number of carbonyl (C=O) groups is 1. The molecular formula is C15H20N6O. The Morgan fingerprint density at radius 1 is 1.27 bits per heavy atom. The first kappa shape index (κ1) is 14.6. The molecule has 0 spiro atoms. The normalized spacial score (nSPS) is 19.4. The van der Waals surface area contributed by atoms with Crippen molar-refractivity contribution < 1.29 is 4.79 Å². The molecule has 0 radical (unpaired) electrons. The van der Waals surface area contributed by atoms with Crippen LogP contribution in [0.15, 0.2) is 30.3 Å². The predicted octanol–water partition coefficient (Wildman–Crippen LogP) is 0.503. The van der Waals surface area contributed by atoms with Crippen LogP contribution in [0.3, 0.4) is 0 Å². The molecule has 1 atom stereocenters. The molecule has 116 valence electrons. The smallest absolute Gasteiger partial charge is 0.246 e. The molecule has 0 saturated carbocycles. The minimum absolute atomic E-state index is 0.0395. The van der Waals surface area contributed by atoms with Crippen LogP contribution in [-0.4, -0.2) is 68.6 Å². The molecule has 7 nitrogen and oxygen atoms in total. The minimum Gasteiger partial charge on any atom is -0.336 e. The van der Waals surface area contributed by atoms with Crippen molar-refractivity contribution in [1.82, 2.24) is 30.0 Å². The Morgan fingerprint density at radius 3 is 2.77 bits per heavy atom.